The van der Waals surface area contributed by atoms with Gasteiger partial charge in [0.25, 0.3) is 11.5 Å². The lowest BCUT2D eigenvalue weighted by Crippen LogP contribution is -2.72. The van der Waals surface area contributed by atoms with Gasteiger partial charge in [0.05, 0.1) is 40.1 Å². The predicted octanol–water partition coefficient (Wildman–Crippen LogP) is 1.71. The summed E-state index contributed by atoms with van der Waals surface area (Å²) in [6.45, 7) is 1.63. The third-order valence-corrected chi connectivity index (χ3v) is 8.19. The molecule has 2 aromatic carbocycles. The van der Waals surface area contributed by atoms with E-state index in [4.69, 9.17) is 23.7 Å². The first-order chi connectivity index (χ1) is 20.1. The second kappa shape index (κ2) is 10.6. The first-order valence-corrected chi connectivity index (χ1v) is 13.1. The number of nitrogens with zero attached hydrogens (tertiary/aromatic N) is 2. The van der Waals surface area contributed by atoms with Crippen molar-refractivity contribution in [3.05, 3.63) is 83.1 Å². The van der Waals surface area contributed by atoms with Gasteiger partial charge in [-0.3, -0.25) is 19.3 Å². The molecule has 42 heavy (non-hydrogen) atoms. The van der Waals surface area contributed by atoms with E-state index >= 15 is 0 Å². The number of piperidine rings is 1. The standard InChI is InChI=1S/C30H30N2O10/c1-17-20(24(33)38-2)23(19-14-10-7-11-15-19)32-27(36)29(28(37)41-5)21(25(34)39-3)22(26(35)40-4)30(32,42-29)31(17)16-18-12-8-6-9-13-18/h6-15,21-23H,16H2,1-5H3/t21?,22?,23?,29-,30+/m1/s1. The van der Waals surface area contributed by atoms with E-state index in [2.05, 4.69) is 0 Å². The summed E-state index contributed by atoms with van der Waals surface area (Å²) in [4.78, 5) is 71.6. The fourth-order valence-corrected chi connectivity index (χ4v) is 6.46. The highest BCUT2D eigenvalue weighted by Gasteiger charge is 2.87. The second-order valence-corrected chi connectivity index (χ2v) is 10.0. The van der Waals surface area contributed by atoms with Crippen LogP contribution in [0.3, 0.4) is 0 Å². The third kappa shape index (κ3) is 3.74. The third-order valence-electron chi connectivity index (χ3n) is 8.19. The molecule has 0 aliphatic carbocycles. The number of benzene rings is 2. The van der Waals surface area contributed by atoms with E-state index in [9.17, 15) is 24.0 Å². The Hall–Kier alpha value is -4.71. The van der Waals surface area contributed by atoms with E-state index in [1.165, 1.54) is 16.9 Å². The Bertz CT molecular complexity index is 1480. The molecule has 2 bridgehead atoms. The van der Waals surface area contributed by atoms with Crippen molar-refractivity contribution in [2.75, 3.05) is 28.4 Å². The number of fused-ring (bicyclic) bond motifs is 1. The molecule has 3 unspecified atom stereocenters. The molecular formula is C30H30N2O10. The summed E-state index contributed by atoms with van der Waals surface area (Å²) in [6.07, 6.45) is 0. The number of ether oxygens (including phenoxy) is 5. The molecule has 2 aromatic rings. The number of rotatable bonds is 7. The molecule has 3 heterocycles. The van der Waals surface area contributed by atoms with Crippen LogP contribution in [-0.4, -0.2) is 79.5 Å². The minimum absolute atomic E-state index is 0.00288. The van der Waals surface area contributed by atoms with Crippen LogP contribution in [0.4, 0.5) is 0 Å². The van der Waals surface area contributed by atoms with E-state index < -0.39 is 59.1 Å². The lowest BCUT2D eigenvalue weighted by Gasteiger charge is -2.55. The summed E-state index contributed by atoms with van der Waals surface area (Å²) in [7, 11) is 4.45. The van der Waals surface area contributed by atoms with Crippen LogP contribution in [0.15, 0.2) is 71.9 Å². The van der Waals surface area contributed by atoms with Crippen molar-refractivity contribution < 1.29 is 47.7 Å². The monoisotopic (exact) mass is 578 g/mol. The van der Waals surface area contributed by atoms with Crippen LogP contribution in [0.25, 0.3) is 0 Å². The summed E-state index contributed by atoms with van der Waals surface area (Å²) in [5.41, 5.74) is -1.07. The van der Waals surface area contributed by atoms with E-state index in [-0.39, 0.29) is 12.1 Å². The van der Waals surface area contributed by atoms with Crippen molar-refractivity contribution in [3.63, 3.8) is 0 Å². The zero-order valence-electron chi connectivity index (χ0n) is 23.7. The average molecular weight is 579 g/mol. The Balaban J connectivity index is 1.91. The smallest absolute Gasteiger partial charge is 0.349 e. The minimum atomic E-state index is -2.63. The van der Waals surface area contributed by atoms with Crippen molar-refractivity contribution in [1.29, 1.82) is 0 Å². The molecule has 3 aliphatic heterocycles. The van der Waals surface area contributed by atoms with Crippen LogP contribution in [0.5, 0.6) is 0 Å². The maximum absolute atomic E-state index is 14.7. The van der Waals surface area contributed by atoms with Crippen molar-refractivity contribution in [2.24, 2.45) is 11.8 Å². The van der Waals surface area contributed by atoms with Gasteiger partial charge < -0.3 is 28.6 Å². The Labute approximate surface area is 241 Å². The van der Waals surface area contributed by atoms with E-state index in [0.29, 0.717) is 16.8 Å². The summed E-state index contributed by atoms with van der Waals surface area (Å²) in [5.74, 6) is -10.4. The highest BCUT2D eigenvalue weighted by molar-refractivity contribution is 6.14. The summed E-state index contributed by atoms with van der Waals surface area (Å²) < 4.78 is 26.9. The zero-order valence-corrected chi connectivity index (χ0v) is 23.7. The van der Waals surface area contributed by atoms with E-state index in [0.717, 1.165) is 21.3 Å². The Morgan fingerprint density at radius 3 is 1.93 bits per heavy atom. The van der Waals surface area contributed by atoms with Crippen LogP contribution in [0, 0.1) is 11.8 Å². The van der Waals surface area contributed by atoms with Crippen molar-refractivity contribution in [3.8, 4) is 0 Å². The van der Waals surface area contributed by atoms with Gasteiger partial charge in [-0.15, -0.1) is 0 Å². The molecule has 2 saturated heterocycles. The van der Waals surface area contributed by atoms with Gasteiger partial charge in [-0.2, -0.15) is 0 Å². The quantitative estimate of drug-likeness (QED) is 0.270. The molecule has 5 atom stereocenters. The molecule has 1 spiro atoms. The van der Waals surface area contributed by atoms with Gasteiger partial charge in [-0.1, -0.05) is 60.7 Å². The molecule has 0 aromatic heterocycles. The van der Waals surface area contributed by atoms with Crippen LogP contribution in [-0.2, 0) is 54.2 Å². The maximum Gasteiger partial charge on any atom is 0.349 e. The Morgan fingerprint density at radius 2 is 1.38 bits per heavy atom. The predicted molar refractivity (Wildman–Crippen MR) is 142 cm³/mol. The summed E-state index contributed by atoms with van der Waals surface area (Å²) in [5, 5.41) is 0. The largest absolute Gasteiger partial charge is 0.469 e. The van der Waals surface area contributed by atoms with Crippen molar-refractivity contribution in [2.45, 2.75) is 31.0 Å². The van der Waals surface area contributed by atoms with Gasteiger partial charge in [-0.25, -0.2) is 9.59 Å². The molecule has 5 rings (SSSR count). The molecular weight excluding hydrogens is 548 g/mol. The Kier molecular flexibility index (Phi) is 7.27. The molecule has 12 nitrogen and oxygen atoms in total. The van der Waals surface area contributed by atoms with E-state index in [1.807, 2.05) is 6.07 Å². The Morgan fingerprint density at radius 1 is 0.810 bits per heavy atom. The number of allylic oxidation sites excluding steroid dienone is 1. The normalized spacial score (nSPS) is 27.8. The molecule has 1 amide bonds. The van der Waals surface area contributed by atoms with Crippen molar-refractivity contribution in [1.82, 2.24) is 9.80 Å². The number of hydrogen-bond acceptors (Lipinski definition) is 11. The first-order valence-electron chi connectivity index (χ1n) is 13.1. The lowest BCUT2D eigenvalue weighted by molar-refractivity contribution is -0.232. The number of hydrogen-bond donors (Lipinski definition) is 0. The van der Waals surface area contributed by atoms with Gasteiger partial charge in [0.2, 0.25) is 5.85 Å². The topological polar surface area (TPSA) is 138 Å². The molecule has 0 saturated carbocycles. The van der Waals surface area contributed by atoms with Crippen LogP contribution < -0.4 is 0 Å². The van der Waals surface area contributed by atoms with Gasteiger partial charge in [-0.05, 0) is 18.1 Å². The average Bonchev–Trinajstić information content (AvgIpc) is 3.48. The number of carbonyl (C=O) groups is 5. The van der Waals surface area contributed by atoms with Crippen LogP contribution >= 0.6 is 0 Å². The van der Waals surface area contributed by atoms with Crippen LogP contribution in [0.2, 0.25) is 0 Å². The summed E-state index contributed by atoms with van der Waals surface area (Å²) in [6, 6.07) is 16.4. The van der Waals surface area contributed by atoms with Gasteiger partial charge in [0.1, 0.15) is 11.8 Å². The van der Waals surface area contributed by atoms with Crippen molar-refractivity contribution >= 4 is 29.8 Å². The molecule has 220 valence electrons. The number of amides is 1. The minimum Gasteiger partial charge on any atom is -0.469 e. The SMILES string of the molecule is COC(=O)C1=C(C)N(Cc2ccccc2)[C@]23O[C@@](C(=O)OC)(C(=O)N2C1c1ccccc1)C(C(=O)OC)C3C(=O)OC. The fraction of sp³-hybridized carbons (Fsp3) is 0.367. The first kappa shape index (κ1) is 28.8. The molecule has 0 N–H and O–H groups in total. The highest BCUT2D eigenvalue weighted by Crippen LogP contribution is 2.64. The molecule has 12 heteroatoms. The lowest BCUT2D eigenvalue weighted by atomic mass is 9.71. The number of esters is 4. The van der Waals surface area contributed by atoms with Gasteiger partial charge >= 0.3 is 23.9 Å². The van der Waals surface area contributed by atoms with E-state index in [1.54, 1.807) is 61.5 Å². The number of methoxy groups -OCH3 is 4. The maximum atomic E-state index is 14.7. The summed E-state index contributed by atoms with van der Waals surface area (Å²) >= 11 is 0. The van der Waals surface area contributed by atoms with Gasteiger partial charge in [0, 0.05) is 12.2 Å². The fourth-order valence-electron chi connectivity index (χ4n) is 6.46. The molecule has 0 radical (unpaired) electrons. The number of carbonyl (C=O) groups excluding carboxylic acids is 5. The van der Waals surface area contributed by atoms with Gasteiger partial charge in [0.15, 0.2) is 0 Å². The van der Waals surface area contributed by atoms with Crippen LogP contribution in [0.1, 0.15) is 24.1 Å². The molecule has 2 fully saturated rings. The molecule has 3 aliphatic rings. The highest BCUT2D eigenvalue weighted by atomic mass is 16.6. The zero-order chi connectivity index (χ0) is 30.4. The second-order valence-electron chi connectivity index (χ2n) is 10.0.